The van der Waals surface area contributed by atoms with Gasteiger partial charge in [0, 0.05) is 12.3 Å². The van der Waals surface area contributed by atoms with Crippen LogP contribution in [0.2, 0.25) is 0 Å². The summed E-state index contributed by atoms with van der Waals surface area (Å²) < 4.78 is 33.6. The lowest BCUT2D eigenvalue weighted by atomic mass is 10.1. The van der Waals surface area contributed by atoms with E-state index in [0.717, 1.165) is 13.2 Å². The number of halogens is 2. The second-order valence-corrected chi connectivity index (χ2v) is 5.50. The molecule has 2 heterocycles. The molecule has 7 nitrogen and oxygen atoms in total. The van der Waals surface area contributed by atoms with E-state index in [9.17, 15) is 18.4 Å². The van der Waals surface area contributed by atoms with Crippen molar-refractivity contribution in [2.45, 2.75) is 6.92 Å². The number of aromatic nitrogens is 3. The number of pyridine rings is 1. The number of nitrogens with zero attached hydrogens (tertiary/aromatic N) is 3. The number of carbonyl (C=O) groups excluding carboxylic acids is 2. The highest BCUT2D eigenvalue weighted by Gasteiger charge is 2.20. The highest BCUT2D eigenvalue weighted by atomic mass is 19.1. The zero-order valence-corrected chi connectivity index (χ0v) is 14.4. The van der Waals surface area contributed by atoms with Gasteiger partial charge in [-0.05, 0) is 25.1 Å². The van der Waals surface area contributed by atoms with Crippen molar-refractivity contribution >= 4 is 17.6 Å². The summed E-state index contributed by atoms with van der Waals surface area (Å²) in [6, 6.07) is 6.61. The molecule has 0 radical (unpaired) electrons. The third kappa shape index (κ3) is 3.52. The summed E-state index contributed by atoms with van der Waals surface area (Å²) in [7, 11) is 1.07. The molecular weight excluding hydrogens is 358 g/mol. The number of carbonyl (C=O) groups is 2. The van der Waals surface area contributed by atoms with Crippen LogP contribution >= 0.6 is 0 Å². The van der Waals surface area contributed by atoms with Crippen molar-refractivity contribution in [2.75, 3.05) is 12.4 Å². The van der Waals surface area contributed by atoms with Gasteiger partial charge in [-0.3, -0.25) is 4.79 Å². The average Bonchev–Trinajstić information content (AvgIpc) is 3.05. The fraction of sp³-hybridized carbons (Fsp3) is 0.111. The van der Waals surface area contributed by atoms with Crippen molar-refractivity contribution in [1.29, 1.82) is 0 Å². The molecule has 0 spiro atoms. The largest absolute Gasteiger partial charge is 0.465 e. The molecule has 138 valence electrons. The van der Waals surface area contributed by atoms with Crippen LogP contribution in [0, 0.1) is 18.6 Å². The molecule has 3 aromatic rings. The van der Waals surface area contributed by atoms with Crippen LogP contribution in [0.3, 0.4) is 0 Å². The molecule has 0 unspecified atom stereocenters. The topological polar surface area (TPSA) is 86.1 Å². The summed E-state index contributed by atoms with van der Waals surface area (Å²) >= 11 is 0. The van der Waals surface area contributed by atoms with E-state index in [0.29, 0.717) is 17.6 Å². The van der Waals surface area contributed by atoms with Crippen molar-refractivity contribution < 1.29 is 23.1 Å². The molecule has 9 heteroatoms. The highest BCUT2D eigenvalue weighted by molar-refractivity contribution is 6.05. The molecule has 0 saturated carbocycles. The van der Waals surface area contributed by atoms with Crippen LogP contribution in [0.1, 0.15) is 26.4 Å². The Balaban J connectivity index is 1.91. The van der Waals surface area contributed by atoms with Crippen LogP contribution in [0.15, 0.2) is 42.7 Å². The van der Waals surface area contributed by atoms with Crippen molar-refractivity contribution in [3.63, 3.8) is 0 Å². The van der Waals surface area contributed by atoms with Crippen molar-refractivity contribution in [3.05, 3.63) is 71.2 Å². The Kier molecular flexibility index (Phi) is 4.93. The predicted octanol–water partition coefficient (Wildman–Crippen LogP) is 2.89. The van der Waals surface area contributed by atoms with Crippen LogP contribution in [0.25, 0.3) is 5.82 Å². The Morgan fingerprint density at radius 1 is 1.15 bits per heavy atom. The van der Waals surface area contributed by atoms with E-state index in [1.165, 1.54) is 10.9 Å². The Morgan fingerprint density at radius 2 is 1.93 bits per heavy atom. The lowest BCUT2D eigenvalue weighted by Crippen LogP contribution is -2.16. The minimum Gasteiger partial charge on any atom is -0.465 e. The number of rotatable bonds is 4. The number of amides is 1. The first-order chi connectivity index (χ1) is 12.9. The minimum atomic E-state index is -1.09. The van der Waals surface area contributed by atoms with Crippen LogP contribution < -0.4 is 5.32 Å². The average molecular weight is 372 g/mol. The van der Waals surface area contributed by atoms with Gasteiger partial charge in [0.25, 0.3) is 5.91 Å². The number of esters is 1. The van der Waals surface area contributed by atoms with E-state index >= 15 is 0 Å². The van der Waals surface area contributed by atoms with Gasteiger partial charge in [0.2, 0.25) is 0 Å². The fourth-order valence-corrected chi connectivity index (χ4v) is 2.44. The number of hydrogen-bond donors (Lipinski definition) is 1. The number of hydrogen-bond acceptors (Lipinski definition) is 5. The molecule has 0 atom stereocenters. The number of benzene rings is 1. The van der Waals surface area contributed by atoms with Gasteiger partial charge in [-0.15, -0.1) is 0 Å². The van der Waals surface area contributed by atoms with E-state index in [4.69, 9.17) is 0 Å². The molecule has 0 fully saturated rings. The maximum absolute atomic E-state index is 14.0. The molecule has 0 bridgehead atoms. The van der Waals surface area contributed by atoms with Crippen LogP contribution in [-0.4, -0.2) is 33.8 Å². The van der Waals surface area contributed by atoms with E-state index in [1.54, 1.807) is 31.3 Å². The normalized spacial score (nSPS) is 10.5. The van der Waals surface area contributed by atoms with Gasteiger partial charge in [0.1, 0.15) is 11.6 Å². The first-order valence-corrected chi connectivity index (χ1v) is 7.77. The zero-order valence-electron chi connectivity index (χ0n) is 14.4. The standard InChI is InChI=1S/C18H14F2N4O3/c1-10-12(9-22-24(10)16-5-3-4-6-21-16)17(25)23-15-7-11(18(26)27-2)13(19)8-14(15)20/h3-9H,1-2H3,(H,23,25). The SMILES string of the molecule is COC(=O)c1cc(NC(=O)c2cnn(-c3ccccn3)c2C)c(F)cc1F. The Labute approximate surface area is 152 Å². The Morgan fingerprint density at radius 3 is 2.59 bits per heavy atom. The van der Waals surface area contributed by atoms with Crippen LogP contribution in [0.5, 0.6) is 0 Å². The second-order valence-electron chi connectivity index (χ2n) is 5.50. The molecule has 1 N–H and O–H groups in total. The number of methoxy groups -OCH3 is 1. The Hall–Kier alpha value is -3.62. The van der Waals surface area contributed by atoms with Gasteiger partial charge < -0.3 is 10.1 Å². The summed E-state index contributed by atoms with van der Waals surface area (Å²) in [6.45, 7) is 1.65. The van der Waals surface area contributed by atoms with E-state index < -0.39 is 29.1 Å². The van der Waals surface area contributed by atoms with Gasteiger partial charge in [0.05, 0.1) is 35.8 Å². The molecule has 3 rings (SSSR count). The lowest BCUT2D eigenvalue weighted by molar-refractivity contribution is 0.0595. The monoisotopic (exact) mass is 372 g/mol. The quantitative estimate of drug-likeness (QED) is 0.712. The predicted molar refractivity (Wildman–Crippen MR) is 91.7 cm³/mol. The van der Waals surface area contributed by atoms with Gasteiger partial charge in [-0.1, -0.05) is 6.07 Å². The van der Waals surface area contributed by atoms with Crippen LogP contribution in [0.4, 0.5) is 14.5 Å². The molecule has 1 amide bonds. The third-order valence-corrected chi connectivity index (χ3v) is 3.83. The summed E-state index contributed by atoms with van der Waals surface area (Å²) in [5.74, 6) is -3.26. The molecular formula is C18H14F2N4O3. The van der Waals surface area contributed by atoms with Crippen molar-refractivity contribution in [2.24, 2.45) is 0 Å². The van der Waals surface area contributed by atoms with Gasteiger partial charge in [-0.2, -0.15) is 5.10 Å². The third-order valence-electron chi connectivity index (χ3n) is 3.83. The molecule has 0 aliphatic heterocycles. The molecule has 1 aromatic carbocycles. The number of ether oxygens (including phenoxy) is 1. The fourth-order valence-electron chi connectivity index (χ4n) is 2.44. The molecule has 2 aromatic heterocycles. The summed E-state index contributed by atoms with van der Waals surface area (Å²) in [6.07, 6.45) is 2.89. The maximum Gasteiger partial charge on any atom is 0.340 e. The van der Waals surface area contributed by atoms with Gasteiger partial charge in [-0.25, -0.2) is 23.2 Å². The van der Waals surface area contributed by atoms with Crippen molar-refractivity contribution in [1.82, 2.24) is 14.8 Å². The summed E-state index contributed by atoms with van der Waals surface area (Å²) in [5, 5.41) is 6.43. The molecule has 27 heavy (non-hydrogen) atoms. The van der Waals surface area contributed by atoms with Crippen LogP contribution in [-0.2, 0) is 4.74 Å². The molecule has 0 saturated heterocycles. The van der Waals surface area contributed by atoms with Gasteiger partial charge in [0.15, 0.2) is 5.82 Å². The molecule has 0 aliphatic carbocycles. The van der Waals surface area contributed by atoms with Gasteiger partial charge >= 0.3 is 5.97 Å². The maximum atomic E-state index is 14.0. The zero-order chi connectivity index (χ0) is 19.6. The first-order valence-electron chi connectivity index (χ1n) is 7.77. The second kappa shape index (κ2) is 7.32. The Bertz CT molecular complexity index is 1020. The minimum absolute atomic E-state index is 0.170. The van der Waals surface area contributed by atoms with E-state index in [2.05, 4.69) is 20.1 Å². The number of nitrogens with one attached hydrogen (secondary N) is 1. The first kappa shape index (κ1) is 18.2. The van der Waals surface area contributed by atoms with E-state index in [-0.39, 0.29) is 11.3 Å². The summed E-state index contributed by atoms with van der Waals surface area (Å²) in [4.78, 5) is 28.2. The number of anilines is 1. The smallest absolute Gasteiger partial charge is 0.340 e. The summed E-state index contributed by atoms with van der Waals surface area (Å²) in [5.41, 5.74) is -0.201. The lowest BCUT2D eigenvalue weighted by Gasteiger charge is -2.09. The van der Waals surface area contributed by atoms with E-state index in [1.807, 2.05) is 0 Å². The highest BCUT2D eigenvalue weighted by Crippen LogP contribution is 2.22. The van der Waals surface area contributed by atoms with Crippen molar-refractivity contribution in [3.8, 4) is 5.82 Å². The molecule has 0 aliphatic rings.